The monoisotopic (exact) mass is 283 g/mol. The van der Waals surface area contributed by atoms with Crippen LogP contribution in [-0.2, 0) is 14.3 Å². The van der Waals surface area contributed by atoms with Crippen molar-refractivity contribution in [3.05, 3.63) is 0 Å². The first kappa shape index (κ1) is 15.3. The summed E-state index contributed by atoms with van der Waals surface area (Å²) in [5, 5.41) is 5.04. The largest absolute Gasteiger partial charge is 0.381 e. The number of hydrogen-bond donors (Lipinski definition) is 2. The van der Waals surface area contributed by atoms with Crippen LogP contribution in [0.4, 0.5) is 0 Å². The maximum Gasteiger partial charge on any atom is 0.309 e. The summed E-state index contributed by atoms with van der Waals surface area (Å²) < 4.78 is 5.40. The molecule has 6 nitrogen and oxygen atoms in total. The Morgan fingerprint density at radius 2 is 1.75 bits per heavy atom. The Labute approximate surface area is 120 Å². The van der Waals surface area contributed by atoms with Crippen LogP contribution in [0.15, 0.2) is 0 Å². The van der Waals surface area contributed by atoms with Gasteiger partial charge in [-0.05, 0) is 44.7 Å². The highest BCUT2D eigenvalue weighted by atomic mass is 16.5. The van der Waals surface area contributed by atoms with Gasteiger partial charge in [0.05, 0.1) is 0 Å². The lowest BCUT2D eigenvalue weighted by atomic mass is 9.94. The average Bonchev–Trinajstić information content (AvgIpc) is 2.53. The third-order valence-corrected chi connectivity index (χ3v) is 4.34. The van der Waals surface area contributed by atoms with Crippen LogP contribution in [0.2, 0.25) is 0 Å². The van der Waals surface area contributed by atoms with Gasteiger partial charge in [0.15, 0.2) is 0 Å². The maximum atomic E-state index is 11.4. The first-order valence-corrected chi connectivity index (χ1v) is 7.52. The fourth-order valence-electron chi connectivity index (χ4n) is 3.00. The number of ether oxygens (including phenoxy) is 1. The second kappa shape index (κ2) is 7.59. The second-order valence-corrected chi connectivity index (χ2v) is 5.61. The van der Waals surface area contributed by atoms with Crippen molar-refractivity contribution >= 4 is 11.8 Å². The number of carbonyl (C=O) groups is 2. The summed E-state index contributed by atoms with van der Waals surface area (Å²) in [6, 6.07) is 0.671. The lowest BCUT2D eigenvalue weighted by molar-refractivity contribution is -0.139. The van der Waals surface area contributed by atoms with Crippen molar-refractivity contribution in [2.75, 3.05) is 39.9 Å². The van der Waals surface area contributed by atoms with Gasteiger partial charge in [-0.1, -0.05) is 0 Å². The fourth-order valence-corrected chi connectivity index (χ4v) is 3.00. The average molecular weight is 283 g/mol. The summed E-state index contributed by atoms with van der Waals surface area (Å²) in [4.78, 5) is 25.0. The van der Waals surface area contributed by atoms with E-state index in [0.29, 0.717) is 18.5 Å². The molecule has 0 unspecified atom stereocenters. The van der Waals surface area contributed by atoms with E-state index in [1.807, 2.05) is 0 Å². The molecule has 0 aliphatic carbocycles. The molecule has 0 aromatic carbocycles. The Bertz CT molecular complexity index is 335. The van der Waals surface area contributed by atoms with E-state index in [1.165, 1.54) is 7.05 Å². The summed E-state index contributed by atoms with van der Waals surface area (Å²) in [7, 11) is 1.47. The van der Waals surface area contributed by atoms with E-state index in [0.717, 1.165) is 52.0 Å². The summed E-state index contributed by atoms with van der Waals surface area (Å²) in [6.07, 6.45) is 4.45. The predicted molar refractivity (Wildman–Crippen MR) is 75.2 cm³/mol. The van der Waals surface area contributed by atoms with Gasteiger partial charge in [-0.2, -0.15) is 0 Å². The molecule has 0 radical (unpaired) electrons. The van der Waals surface area contributed by atoms with E-state index in [9.17, 15) is 9.59 Å². The Balaban J connectivity index is 1.66. The van der Waals surface area contributed by atoms with E-state index < -0.39 is 11.8 Å². The molecule has 114 valence electrons. The van der Waals surface area contributed by atoms with Crippen molar-refractivity contribution < 1.29 is 14.3 Å². The van der Waals surface area contributed by atoms with Crippen LogP contribution in [0.5, 0.6) is 0 Å². The Kier molecular flexibility index (Phi) is 5.79. The van der Waals surface area contributed by atoms with Gasteiger partial charge >= 0.3 is 11.8 Å². The summed E-state index contributed by atoms with van der Waals surface area (Å²) >= 11 is 0. The molecule has 0 bridgehead atoms. The highest BCUT2D eigenvalue weighted by molar-refractivity contribution is 6.34. The molecule has 0 aromatic heterocycles. The zero-order valence-electron chi connectivity index (χ0n) is 12.2. The van der Waals surface area contributed by atoms with Crippen LogP contribution in [0.25, 0.3) is 0 Å². The zero-order chi connectivity index (χ0) is 14.4. The van der Waals surface area contributed by atoms with Gasteiger partial charge in [-0.15, -0.1) is 0 Å². The Hall–Kier alpha value is -1.14. The minimum Gasteiger partial charge on any atom is -0.381 e. The number of hydrogen-bond acceptors (Lipinski definition) is 4. The smallest absolute Gasteiger partial charge is 0.309 e. The van der Waals surface area contributed by atoms with Crippen molar-refractivity contribution in [1.82, 2.24) is 15.5 Å². The molecule has 6 heteroatoms. The van der Waals surface area contributed by atoms with E-state index in [4.69, 9.17) is 4.74 Å². The zero-order valence-corrected chi connectivity index (χ0v) is 12.2. The van der Waals surface area contributed by atoms with Crippen LogP contribution in [0.3, 0.4) is 0 Å². The molecule has 2 N–H and O–H groups in total. The molecule has 2 heterocycles. The number of likely N-dealkylation sites (tertiary alicyclic amines) is 1. The molecular formula is C14H25N3O3. The normalized spacial score (nSPS) is 22.4. The van der Waals surface area contributed by atoms with Gasteiger partial charge in [-0.25, -0.2) is 0 Å². The summed E-state index contributed by atoms with van der Waals surface area (Å²) in [5.41, 5.74) is 0. The Morgan fingerprint density at radius 3 is 2.35 bits per heavy atom. The van der Waals surface area contributed by atoms with E-state index in [1.54, 1.807) is 0 Å². The molecule has 2 rings (SSSR count). The molecule has 0 spiro atoms. The number of piperidine rings is 1. The van der Waals surface area contributed by atoms with E-state index >= 15 is 0 Å². The third kappa shape index (κ3) is 4.18. The topological polar surface area (TPSA) is 70.7 Å². The SMILES string of the molecule is CNC(=O)C(=O)NCC1CCN(C2CCOCC2)CC1. The van der Waals surface area contributed by atoms with Crippen molar-refractivity contribution in [1.29, 1.82) is 0 Å². The molecule has 2 saturated heterocycles. The molecule has 0 aromatic rings. The van der Waals surface area contributed by atoms with Crippen LogP contribution < -0.4 is 10.6 Å². The standard InChI is InChI=1S/C14H25N3O3/c1-15-13(18)14(19)16-10-11-2-6-17(7-3-11)12-4-8-20-9-5-12/h11-12H,2-10H2,1H3,(H,15,18)(H,16,19). The minimum absolute atomic E-state index is 0.486. The number of nitrogens with one attached hydrogen (secondary N) is 2. The van der Waals surface area contributed by atoms with E-state index in [2.05, 4.69) is 15.5 Å². The van der Waals surface area contributed by atoms with Gasteiger partial charge in [0.25, 0.3) is 0 Å². The molecule has 2 aliphatic heterocycles. The molecule has 2 fully saturated rings. The molecule has 0 atom stereocenters. The number of rotatable bonds is 3. The number of carbonyl (C=O) groups excluding carboxylic acids is 2. The number of nitrogens with zero attached hydrogens (tertiary/aromatic N) is 1. The lowest BCUT2D eigenvalue weighted by Crippen LogP contribution is -2.46. The quantitative estimate of drug-likeness (QED) is 0.700. The third-order valence-electron chi connectivity index (χ3n) is 4.34. The van der Waals surface area contributed by atoms with Crippen molar-refractivity contribution in [2.45, 2.75) is 31.7 Å². The highest BCUT2D eigenvalue weighted by Gasteiger charge is 2.26. The maximum absolute atomic E-state index is 11.4. The van der Waals surface area contributed by atoms with Crippen LogP contribution in [-0.4, -0.2) is 62.7 Å². The molecule has 2 aliphatic rings. The highest BCUT2D eigenvalue weighted by Crippen LogP contribution is 2.22. The fraction of sp³-hybridized carbons (Fsp3) is 0.857. The van der Waals surface area contributed by atoms with Gasteiger partial charge in [0.2, 0.25) is 0 Å². The van der Waals surface area contributed by atoms with Gasteiger partial charge < -0.3 is 20.3 Å². The first-order chi connectivity index (χ1) is 9.70. The van der Waals surface area contributed by atoms with Crippen LogP contribution in [0.1, 0.15) is 25.7 Å². The van der Waals surface area contributed by atoms with Crippen LogP contribution in [0, 0.1) is 5.92 Å². The minimum atomic E-state index is -0.565. The second-order valence-electron chi connectivity index (χ2n) is 5.61. The predicted octanol–water partition coefficient (Wildman–Crippen LogP) is -0.260. The van der Waals surface area contributed by atoms with E-state index in [-0.39, 0.29) is 0 Å². The number of amides is 2. The summed E-state index contributed by atoms with van der Waals surface area (Å²) in [5.74, 6) is -0.608. The lowest BCUT2D eigenvalue weighted by Gasteiger charge is -2.39. The van der Waals surface area contributed by atoms with Crippen molar-refractivity contribution in [3.63, 3.8) is 0 Å². The first-order valence-electron chi connectivity index (χ1n) is 7.52. The van der Waals surface area contributed by atoms with Crippen LogP contribution >= 0.6 is 0 Å². The number of likely N-dealkylation sites (N-methyl/N-ethyl adjacent to an activating group) is 1. The van der Waals surface area contributed by atoms with Gasteiger partial charge in [-0.3, -0.25) is 9.59 Å². The van der Waals surface area contributed by atoms with Crippen molar-refractivity contribution in [2.24, 2.45) is 5.92 Å². The van der Waals surface area contributed by atoms with Gasteiger partial charge in [0, 0.05) is 32.8 Å². The summed E-state index contributed by atoms with van der Waals surface area (Å²) in [6.45, 7) is 4.55. The molecular weight excluding hydrogens is 258 g/mol. The van der Waals surface area contributed by atoms with Crippen molar-refractivity contribution in [3.8, 4) is 0 Å². The Morgan fingerprint density at radius 1 is 1.10 bits per heavy atom. The molecule has 0 saturated carbocycles. The molecule has 2 amide bonds. The molecule has 20 heavy (non-hydrogen) atoms. The van der Waals surface area contributed by atoms with Gasteiger partial charge in [0.1, 0.15) is 0 Å².